The van der Waals surface area contributed by atoms with Crippen molar-refractivity contribution in [2.75, 3.05) is 6.54 Å². The van der Waals surface area contributed by atoms with Crippen molar-refractivity contribution in [3.63, 3.8) is 0 Å². The predicted octanol–water partition coefficient (Wildman–Crippen LogP) is 4.49. The topological polar surface area (TPSA) is 83.5 Å². The Morgan fingerprint density at radius 3 is 1.55 bits per heavy atom. The van der Waals surface area contributed by atoms with Crippen molar-refractivity contribution in [3.05, 3.63) is 0 Å². The van der Waals surface area contributed by atoms with E-state index in [1.165, 1.54) is 57.8 Å². The summed E-state index contributed by atoms with van der Waals surface area (Å²) in [4.78, 5) is 10.3. The van der Waals surface area contributed by atoms with E-state index in [1.807, 2.05) is 6.92 Å². The van der Waals surface area contributed by atoms with Crippen molar-refractivity contribution >= 4 is 5.97 Å². The second-order valence-corrected chi connectivity index (χ2v) is 5.98. The lowest BCUT2D eigenvalue weighted by Crippen LogP contribution is -2.17. The number of carboxylic acid groups (broad SMARTS) is 1. The van der Waals surface area contributed by atoms with Gasteiger partial charge in [-0.2, -0.15) is 0 Å². The van der Waals surface area contributed by atoms with Gasteiger partial charge in [0, 0.05) is 13.0 Å². The fraction of sp³-hybridized carbons (Fsp3) is 0.944. The highest BCUT2D eigenvalue weighted by Gasteiger charge is 1.96. The van der Waals surface area contributed by atoms with Crippen molar-refractivity contribution in [2.24, 2.45) is 5.73 Å². The van der Waals surface area contributed by atoms with E-state index in [4.69, 9.17) is 15.9 Å². The maximum atomic E-state index is 10.3. The van der Waals surface area contributed by atoms with Gasteiger partial charge >= 0.3 is 5.97 Å². The summed E-state index contributed by atoms with van der Waals surface area (Å²) >= 11 is 0. The monoisotopic (exact) mass is 317 g/mol. The van der Waals surface area contributed by atoms with E-state index in [2.05, 4.69) is 6.92 Å². The summed E-state index contributed by atoms with van der Waals surface area (Å²) in [6.07, 6.45) is 14.8. The maximum Gasteiger partial charge on any atom is 0.303 e. The minimum atomic E-state index is -0.657. The number of carboxylic acids is 1. The van der Waals surface area contributed by atoms with Crippen LogP contribution in [0.25, 0.3) is 0 Å². The average molecular weight is 318 g/mol. The quantitative estimate of drug-likeness (QED) is 0.412. The van der Waals surface area contributed by atoms with Crippen LogP contribution in [0.4, 0.5) is 0 Å². The van der Waals surface area contributed by atoms with Crippen LogP contribution in [-0.2, 0) is 4.79 Å². The molecule has 0 fully saturated rings. The van der Waals surface area contributed by atoms with Crippen LogP contribution in [0.3, 0.4) is 0 Å². The fourth-order valence-corrected chi connectivity index (χ4v) is 2.11. The highest BCUT2D eigenvalue weighted by Crippen LogP contribution is 2.11. The molecule has 0 aromatic carbocycles. The van der Waals surface area contributed by atoms with Crippen LogP contribution in [0.1, 0.15) is 97.3 Å². The van der Waals surface area contributed by atoms with Gasteiger partial charge in [-0.1, -0.05) is 78.1 Å². The molecule has 0 saturated heterocycles. The Bertz CT molecular complexity index is 218. The number of hydrogen-bond donors (Lipinski definition) is 3. The molecule has 0 aliphatic rings. The zero-order chi connectivity index (χ0) is 17.1. The lowest BCUT2D eigenvalue weighted by atomic mass is 10.1. The number of hydrogen-bond acceptors (Lipinski definition) is 3. The summed E-state index contributed by atoms with van der Waals surface area (Å²) < 4.78 is 0. The van der Waals surface area contributed by atoms with Crippen LogP contribution in [0.2, 0.25) is 0 Å². The SMILES string of the molecule is CCC(O)CN.CCCCCCCCCCCCCC(=O)O. The molecule has 0 aromatic heterocycles. The van der Waals surface area contributed by atoms with Crippen LogP contribution >= 0.6 is 0 Å². The van der Waals surface area contributed by atoms with Crippen LogP contribution in [0.15, 0.2) is 0 Å². The van der Waals surface area contributed by atoms with Gasteiger partial charge in [0.05, 0.1) is 6.10 Å². The molecule has 4 heteroatoms. The van der Waals surface area contributed by atoms with Gasteiger partial charge in [0.15, 0.2) is 0 Å². The summed E-state index contributed by atoms with van der Waals surface area (Å²) in [5.41, 5.74) is 5.03. The Balaban J connectivity index is 0. The number of carbonyl (C=O) groups is 1. The molecule has 0 aliphatic heterocycles. The van der Waals surface area contributed by atoms with Gasteiger partial charge in [0.2, 0.25) is 0 Å². The molecule has 4 nitrogen and oxygen atoms in total. The molecule has 0 heterocycles. The van der Waals surface area contributed by atoms with Gasteiger partial charge in [0.1, 0.15) is 0 Å². The Kier molecular flexibility index (Phi) is 21.9. The van der Waals surface area contributed by atoms with Gasteiger partial charge in [-0.15, -0.1) is 0 Å². The van der Waals surface area contributed by atoms with Crippen LogP contribution in [-0.4, -0.2) is 28.8 Å². The van der Waals surface area contributed by atoms with Gasteiger partial charge < -0.3 is 15.9 Å². The zero-order valence-corrected chi connectivity index (χ0v) is 14.9. The normalized spacial score (nSPS) is 11.6. The molecule has 0 saturated carbocycles. The third-order valence-electron chi connectivity index (χ3n) is 3.74. The van der Waals surface area contributed by atoms with Crippen LogP contribution < -0.4 is 5.73 Å². The Hall–Kier alpha value is -0.610. The predicted molar refractivity (Wildman–Crippen MR) is 94.1 cm³/mol. The molecule has 0 aliphatic carbocycles. The van der Waals surface area contributed by atoms with Gasteiger partial charge in [-0.05, 0) is 12.8 Å². The molecule has 0 spiro atoms. The highest BCUT2D eigenvalue weighted by atomic mass is 16.4. The van der Waals surface area contributed by atoms with E-state index in [0.29, 0.717) is 13.0 Å². The third-order valence-corrected chi connectivity index (χ3v) is 3.74. The van der Waals surface area contributed by atoms with Gasteiger partial charge in [-0.3, -0.25) is 4.79 Å². The average Bonchev–Trinajstić information content (AvgIpc) is 2.52. The zero-order valence-electron chi connectivity index (χ0n) is 14.9. The highest BCUT2D eigenvalue weighted by molar-refractivity contribution is 5.66. The van der Waals surface area contributed by atoms with E-state index in [0.717, 1.165) is 19.3 Å². The number of rotatable bonds is 14. The largest absolute Gasteiger partial charge is 0.481 e. The van der Waals surface area contributed by atoms with Crippen molar-refractivity contribution in [2.45, 2.75) is 103 Å². The van der Waals surface area contributed by atoms with E-state index >= 15 is 0 Å². The van der Waals surface area contributed by atoms with Crippen LogP contribution in [0, 0.1) is 0 Å². The minimum Gasteiger partial charge on any atom is -0.481 e. The number of aliphatic hydroxyl groups excluding tert-OH is 1. The molecular formula is C18H39NO3. The molecule has 1 unspecified atom stereocenters. The molecule has 0 amide bonds. The van der Waals surface area contributed by atoms with Crippen LogP contribution in [0.5, 0.6) is 0 Å². The first-order valence-electron chi connectivity index (χ1n) is 9.18. The van der Waals surface area contributed by atoms with E-state index < -0.39 is 5.97 Å². The Labute approximate surface area is 137 Å². The summed E-state index contributed by atoms with van der Waals surface area (Å²) in [5, 5.41) is 17.0. The van der Waals surface area contributed by atoms with Crippen molar-refractivity contribution in [1.82, 2.24) is 0 Å². The third kappa shape index (κ3) is 24.4. The van der Waals surface area contributed by atoms with Crippen molar-refractivity contribution < 1.29 is 15.0 Å². The van der Waals surface area contributed by atoms with Gasteiger partial charge in [0.25, 0.3) is 0 Å². The van der Waals surface area contributed by atoms with E-state index in [-0.39, 0.29) is 6.10 Å². The number of aliphatic carboxylic acids is 1. The smallest absolute Gasteiger partial charge is 0.303 e. The number of aliphatic hydroxyl groups is 1. The molecule has 0 radical (unpaired) electrons. The minimum absolute atomic E-state index is 0.287. The number of nitrogens with two attached hydrogens (primary N) is 1. The van der Waals surface area contributed by atoms with Crippen molar-refractivity contribution in [1.29, 1.82) is 0 Å². The molecule has 0 bridgehead atoms. The number of unbranched alkanes of at least 4 members (excludes halogenated alkanes) is 10. The van der Waals surface area contributed by atoms with Gasteiger partial charge in [-0.25, -0.2) is 0 Å². The first-order valence-corrected chi connectivity index (χ1v) is 9.18. The first kappa shape index (κ1) is 23.7. The standard InChI is InChI=1S/C14H28O2.C4H11NO/c1-2-3-4-5-6-7-8-9-10-11-12-13-14(15)16;1-2-4(6)3-5/h2-13H2,1H3,(H,15,16);4,6H,2-3,5H2,1H3. The first-order chi connectivity index (χ1) is 10.6. The van der Waals surface area contributed by atoms with E-state index in [1.54, 1.807) is 0 Å². The second-order valence-electron chi connectivity index (χ2n) is 5.98. The summed E-state index contributed by atoms with van der Waals surface area (Å²) in [6, 6.07) is 0. The van der Waals surface area contributed by atoms with E-state index in [9.17, 15) is 4.79 Å². The second kappa shape index (κ2) is 20.4. The molecular weight excluding hydrogens is 278 g/mol. The fourth-order valence-electron chi connectivity index (χ4n) is 2.11. The Morgan fingerprint density at radius 1 is 0.864 bits per heavy atom. The maximum absolute atomic E-state index is 10.3. The summed E-state index contributed by atoms with van der Waals surface area (Å²) in [5.74, 6) is -0.657. The summed E-state index contributed by atoms with van der Waals surface area (Å²) in [6.45, 7) is 4.53. The molecule has 134 valence electrons. The molecule has 0 aromatic rings. The summed E-state index contributed by atoms with van der Waals surface area (Å²) in [7, 11) is 0. The van der Waals surface area contributed by atoms with Crippen molar-refractivity contribution in [3.8, 4) is 0 Å². The molecule has 22 heavy (non-hydrogen) atoms. The lowest BCUT2D eigenvalue weighted by molar-refractivity contribution is -0.137. The Morgan fingerprint density at radius 2 is 1.27 bits per heavy atom. The molecule has 4 N–H and O–H groups in total. The molecule has 1 atom stereocenters. The lowest BCUT2D eigenvalue weighted by Gasteiger charge is -2.01. The molecule has 0 rings (SSSR count).